The largest absolute Gasteiger partial charge is 0.308 e. The van der Waals surface area contributed by atoms with Gasteiger partial charge in [-0.05, 0) is 52.2 Å². The lowest BCUT2D eigenvalue weighted by molar-refractivity contribution is 1.18. The second kappa shape index (κ2) is 13.6. The number of hydrogen-bond donors (Lipinski definition) is 0. The molecule has 4 nitrogen and oxygen atoms in total. The molecule has 0 aliphatic heterocycles. The van der Waals surface area contributed by atoms with Gasteiger partial charge in [-0.15, -0.1) is 0 Å². The van der Waals surface area contributed by atoms with Crippen molar-refractivity contribution < 1.29 is 0 Å². The van der Waals surface area contributed by atoms with Crippen LogP contribution in [0.15, 0.2) is 206 Å². The molecule has 0 atom stereocenters. The van der Waals surface area contributed by atoms with Gasteiger partial charge in [0.15, 0.2) is 5.82 Å². The lowest BCUT2D eigenvalue weighted by Crippen LogP contribution is -1.97. The molecule has 8 aromatic carbocycles. The van der Waals surface area contributed by atoms with Gasteiger partial charge in [-0.25, -0.2) is 15.0 Å². The monoisotopic (exact) mass is 726 g/mol. The number of nitrogens with zero attached hydrogens (tertiary/aromatic N) is 4. The Balaban J connectivity index is 1.06. The zero-order valence-electron chi connectivity index (χ0n) is 30.9. The van der Waals surface area contributed by atoms with Crippen LogP contribution in [0.2, 0.25) is 0 Å². The maximum Gasteiger partial charge on any atom is 0.160 e. The highest BCUT2D eigenvalue weighted by molar-refractivity contribution is 6.22. The van der Waals surface area contributed by atoms with Gasteiger partial charge in [0.2, 0.25) is 0 Å². The van der Waals surface area contributed by atoms with Crippen molar-refractivity contribution in [3.63, 3.8) is 0 Å². The number of rotatable bonds is 6. The molecule has 57 heavy (non-hydrogen) atoms. The van der Waals surface area contributed by atoms with Crippen molar-refractivity contribution in [1.29, 1.82) is 0 Å². The first-order chi connectivity index (χ1) is 28.2. The smallest absolute Gasteiger partial charge is 0.160 e. The number of pyridine rings is 1. The van der Waals surface area contributed by atoms with Crippen LogP contribution in [0.5, 0.6) is 0 Å². The molecule has 0 saturated carbocycles. The zero-order chi connectivity index (χ0) is 37.7. The van der Waals surface area contributed by atoms with Gasteiger partial charge in [-0.1, -0.05) is 176 Å². The minimum atomic E-state index is 0.676. The summed E-state index contributed by atoms with van der Waals surface area (Å²) in [7, 11) is 0. The highest BCUT2D eigenvalue weighted by Gasteiger charge is 2.21. The van der Waals surface area contributed by atoms with Gasteiger partial charge in [-0.3, -0.25) is 0 Å². The van der Waals surface area contributed by atoms with E-state index >= 15 is 0 Å². The molecule has 0 aliphatic carbocycles. The van der Waals surface area contributed by atoms with Gasteiger partial charge in [-0.2, -0.15) is 0 Å². The molecule has 0 radical (unpaired) electrons. The van der Waals surface area contributed by atoms with Crippen molar-refractivity contribution in [3.05, 3.63) is 206 Å². The fraction of sp³-hybridized carbons (Fsp3) is 0. The average molecular weight is 727 g/mol. The van der Waals surface area contributed by atoms with Crippen molar-refractivity contribution in [2.75, 3.05) is 0 Å². The zero-order valence-corrected chi connectivity index (χ0v) is 30.9. The average Bonchev–Trinajstić information content (AvgIpc) is 3.65. The summed E-state index contributed by atoms with van der Waals surface area (Å²) in [5.74, 6) is 0.676. The maximum absolute atomic E-state index is 5.38. The summed E-state index contributed by atoms with van der Waals surface area (Å²) in [6.45, 7) is 0. The predicted molar refractivity (Wildman–Crippen MR) is 236 cm³/mol. The van der Waals surface area contributed by atoms with Gasteiger partial charge in [0.25, 0.3) is 0 Å². The molecule has 4 heteroatoms. The minimum absolute atomic E-state index is 0.676. The third-order valence-electron chi connectivity index (χ3n) is 11.0. The van der Waals surface area contributed by atoms with Crippen molar-refractivity contribution in [3.8, 4) is 62.0 Å². The standard InChI is InChI=1S/C53H34N4/c1-3-13-35(14-4-1)37-23-25-39(26-24-37)48-34-47(38-16-5-2-6-17-38)55-53(56-48)41-29-27-40(28-30-41)51-50-45-20-10-12-22-49(45)57(52(50)44-19-9-11-21-46(44)54-51)43-32-31-36-15-7-8-18-42(36)33-43/h1-34H. The van der Waals surface area contributed by atoms with E-state index in [-0.39, 0.29) is 0 Å². The Morgan fingerprint density at radius 3 is 1.65 bits per heavy atom. The quantitative estimate of drug-likeness (QED) is 0.171. The molecule has 0 unspecified atom stereocenters. The molecule has 11 rings (SSSR count). The molecule has 0 saturated heterocycles. The van der Waals surface area contributed by atoms with Crippen LogP contribution in [-0.2, 0) is 0 Å². The van der Waals surface area contributed by atoms with Crippen molar-refractivity contribution in [1.82, 2.24) is 19.5 Å². The second-order valence-electron chi connectivity index (χ2n) is 14.4. The Morgan fingerprint density at radius 1 is 0.351 bits per heavy atom. The SMILES string of the molecule is c1ccc(-c2ccc(-c3cc(-c4ccccc4)nc(-c4ccc(-c5nc6ccccc6c6c5c5ccccc5n6-c5ccc6ccccc6c5)cc4)n3)cc2)cc1. The molecule has 0 aliphatic rings. The van der Waals surface area contributed by atoms with Crippen LogP contribution in [0.3, 0.4) is 0 Å². The Morgan fingerprint density at radius 2 is 0.895 bits per heavy atom. The molecular formula is C53H34N4. The van der Waals surface area contributed by atoms with Gasteiger partial charge in [0.1, 0.15) is 0 Å². The van der Waals surface area contributed by atoms with Crippen LogP contribution < -0.4 is 0 Å². The first kappa shape index (κ1) is 32.7. The molecule has 0 bridgehead atoms. The summed E-state index contributed by atoms with van der Waals surface area (Å²) in [6, 6.07) is 72.6. The summed E-state index contributed by atoms with van der Waals surface area (Å²) >= 11 is 0. The third-order valence-corrected chi connectivity index (χ3v) is 11.0. The minimum Gasteiger partial charge on any atom is -0.308 e. The fourth-order valence-corrected chi connectivity index (χ4v) is 8.20. The fourth-order valence-electron chi connectivity index (χ4n) is 8.20. The van der Waals surface area contributed by atoms with Crippen molar-refractivity contribution >= 4 is 43.5 Å². The predicted octanol–water partition coefficient (Wildman–Crippen LogP) is 13.6. The van der Waals surface area contributed by atoms with E-state index in [0.29, 0.717) is 5.82 Å². The molecule has 11 aromatic rings. The van der Waals surface area contributed by atoms with Gasteiger partial charge < -0.3 is 4.57 Å². The van der Waals surface area contributed by atoms with Crippen LogP contribution in [-0.4, -0.2) is 19.5 Å². The highest BCUT2D eigenvalue weighted by atomic mass is 15.0. The van der Waals surface area contributed by atoms with Crippen LogP contribution in [0.1, 0.15) is 0 Å². The molecule has 0 amide bonds. The summed E-state index contributed by atoms with van der Waals surface area (Å²) in [6.07, 6.45) is 0. The first-order valence-corrected chi connectivity index (χ1v) is 19.3. The van der Waals surface area contributed by atoms with Gasteiger partial charge >= 0.3 is 0 Å². The van der Waals surface area contributed by atoms with Crippen LogP contribution in [0, 0.1) is 0 Å². The van der Waals surface area contributed by atoms with Gasteiger partial charge in [0, 0.05) is 44.1 Å². The number of hydrogen-bond acceptors (Lipinski definition) is 3. The Bertz CT molecular complexity index is 3260. The van der Waals surface area contributed by atoms with Crippen LogP contribution in [0.4, 0.5) is 0 Å². The molecule has 3 aromatic heterocycles. The Hall–Kier alpha value is -7.69. The maximum atomic E-state index is 5.38. The Labute approximate surface area is 330 Å². The Kier molecular flexibility index (Phi) is 7.78. The number of benzene rings is 8. The summed E-state index contributed by atoms with van der Waals surface area (Å²) in [5.41, 5.74) is 13.5. The summed E-state index contributed by atoms with van der Waals surface area (Å²) < 4.78 is 2.41. The number of aromatic nitrogens is 4. The van der Waals surface area contributed by atoms with Crippen molar-refractivity contribution in [2.24, 2.45) is 0 Å². The third kappa shape index (κ3) is 5.74. The normalized spacial score (nSPS) is 11.5. The van der Waals surface area contributed by atoms with E-state index in [2.05, 4.69) is 199 Å². The highest BCUT2D eigenvalue weighted by Crippen LogP contribution is 2.42. The molecular weight excluding hydrogens is 693 g/mol. The first-order valence-electron chi connectivity index (χ1n) is 19.3. The number of para-hydroxylation sites is 2. The molecule has 266 valence electrons. The van der Waals surface area contributed by atoms with Gasteiger partial charge in [0.05, 0.1) is 33.6 Å². The van der Waals surface area contributed by atoms with Crippen molar-refractivity contribution in [2.45, 2.75) is 0 Å². The van der Waals surface area contributed by atoms with E-state index in [0.717, 1.165) is 72.3 Å². The summed E-state index contributed by atoms with van der Waals surface area (Å²) in [5, 5.41) is 5.85. The van der Waals surface area contributed by atoms with E-state index in [1.54, 1.807) is 0 Å². The molecule has 0 fully saturated rings. The van der Waals surface area contributed by atoms with Crippen LogP contribution in [0.25, 0.3) is 105 Å². The lowest BCUT2D eigenvalue weighted by atomic mass is 10.0. The second-order valence-corrected chi connectivity index (χ2v) is 14.4. The molecule has 0 spiro atoms. The topological polar surface area (TPSA) is 43.6 Å². The molecule has 0 N–H and O–H groups in total. The van der Waals surface area contributed by atoms with E-state index in [1.165, 1.54) is 27.3 Å². The van der Waals surface area contributed by atoms with E-state index in [4.69, 9.17) is 15.0 Å². The van der Waals surface area contributed by atoms with Crippen LogP contribution >= 0.6 is 0 Å². The van der Waals surface area contributed by atoms with E-state index < -0.39 is 0 Å². The summed E-state index contributed by atoms with van der Waals surface area (Å²) in [4.78, 5) is 15.7. The van der Waals surface area contributed by atoms with E-state index in [9.17, 15) is 0 Å². The lowest BCUT2D eigenvalue weighted by Gasteiger charge is -2.13. The van der Waals surface area contributed by atoms with E-state index in [1.807, 2.05) is 12.1 Å². The number of fused-ring (bicyclic) bond motifs is 6. The molecule has 3 heterocycles.